The summed E-state index contributed by atoms with van der Waals surface area (Å²) in [6.45, 7) is 0. The van der Waals surface area contributed by atoms with Gasteiger partial charge in [0.05, 0.1) is 0 Å². The molecule has 3 N–H and O–H groups in total. The molecule has 20 heavy (non-hydrogen) atoms. The fraction of sp³-hybridized carbons (Fsp3) is 0. The SMILES string of the molecule is NC(=O)c1ccc(-c2ccc3[nH]c(=O)ccc3c2)cc1. The van der Waals surface area contributed by atoms with E-state index in [1.165, 1.54) is 6.07 Å². The van der Waals surface area contributed by atoms with Crippen LogP contribution in [0.4, 0.5) is 0 Å². The zero-order valence-electron chi connectivity index (χ0n) is 10.6. The number of nitrogens with one attached hydrogen (secondary N) is 1. The molecule has 0 spiro atoms. The normalized spacial score (nSPS) is 10.6. The number of benzene rings is 2. The number of H-pyrrole nitrogens is 1. The third-order valence-electron chi connectivity index (χ3n) is 3.23. The lowest BCUT2D eigenvalue weighted by atomic mass is 10.0. The molecule has 0 saturated heterocycles. The third-order valence-corrected chi connectivity index (χ3v) is 3.23. The first kappa shape index (κ1) is 12.2. The Morgan fingerprint density at radius 2 is 1.60 bits per heavy atom. The van der Waals surface area contributed by atoms with Crippen LogP contribution < -0.4 is 11.3 Å². The van der Waals surface area contributed by atoms with E-state index in [1.54, 1.807) is 18.2 Å². The van der Waals surface area contributed by atoms with Crippen LogP contribution in [-0.2, 0) is 0 Å². The monoisotopic (exact) mass is 264 g/mol. The van der Waals surface area contributed by atoms with Crippen molar-refractivity contribution in [1.29, 1.82) is 0 Å². The molecule has 0 radical (unpaired) electrons. The molecule has 0 unspecified atom stereocenters. The Labute approximate surface area is 114 Å². The van der Waals surface area contributed by atoms with E-state index in [2.05, 4.69) is 4.98 Å². The average Bonchev–Trinajstić information content (AvgIpc) is 2.47. The maximum atomic E-state index is 11.2. The summed E-state index contributed by atoms with van der Waals surface area (Å²) in [4.78, 5) is 25.1. The first-order chi connectivity index (χ1) is 9.63. The lowest BCUT2D eigenvalue weighted by molar-refractivity contribution is 0.100. The van der Waals surface area contributed by atoms with Crippen LogP contribution in [-0.4, -0.2) is 10.9 Å². The summed E-state index contributed by atoms with van der Waals surface area (Å²) in [5, 5.41) is 0.959. The number of primary amides is 1. The average molecular weight is 264 g/mol. The third kappa shape index (κ3) is 2.19. The molecule has 0 aliphatic heterocycles. The van der Waals surface area contributed by atoms with Crippen molar-refractivity contribution in [3.05, 3.63) is 70.5 Å². The molecule has 4 nitrogen and oxygen atoms in total. The summed E-state index contributed by atoms with van der Waals surface area (Å²) in [6, 6.07) is 16.2. The van der Waals surface area contributed by atoms with Crippen LogP contribution in [0.25, 0.3) is 22.0 Å². The number of aromatic amines is 1. The van der Waals surface area contributed by atoms with Crippen molar-refractivity contribution in [3.63, 3.8) is 0 Å². The smallest absolute Gasteiger partial charge is 0.248 e. The van der Waals surface area contributed by atoms with Crippen LogP contribution in [0.2, 0.25) is 0 Å². The van der Waals surface area contributed by atoms with Crippen molar-refractivity contribution in [2.75, 3.05) is 0 Å². The Kier molecular flexibility index (Phi) is 2.84. The Hall–Kier alpha value is -2.88. The van der Waals surface area contributed by atoms with Gasteiger partial charge >= 0.3 is 0 Å². The zero-order chi connectivity index (χ0) is 14.1. The Bertz CT molecular complexity index is 848. The molecule has 0 aliphatic rings. The largest absolute Gasteiger partial charge is 0.366 e. The van der Waals surface area contributed by atoms with Crippen LogP contribution in [0.15, 0.2) is 59.4 Å². The minimum absolute atomic E-state index is 0.115. The molecule has 1 aromatic heterocycles. The van der Waals surface area contributed by atoms with Gasteiger partial charge in [-0.1, -0.05) is 18.2 Å². The second-order valence-corrected chi connectivity index (χ2v) is 4.57. The summed E-state index contributed by atoms with van der Waals surface area (Å²) in [5.41, 5.74) is 8.39. The van der Waals surface area contributed by atoms with Gasteiger partial charge in [-0.2, -0.15) is 0 Å². The number of pyridine rings is 1. The minimum atomic E-state index is -0.437. The lowest BCUT2D eigenvalue weighted by Gasteiger charge is -2.04. The first-order valence-corrected chi connectivity index (χ1v) is 6.17. The maximum absolute atomic E-state index is 11.2. The number of nitrogens with two attached hydrogens (primary N) is 1. The molecule has 3 rings (SSSR count). The highest BCUT2D eigenvalue weighted by atomic mass is 16.1. The first-order valence-electron chi connectivity index (χ1n) is 6.17. The molecule has 0 fully saturated rings. The zero-order valence-corrected chi connectivity index (χ0v) is 10.6. The summed E-state index contributed by atoms with van der Waals surface area (Å²) in [7, 11) is 0. The van der Waals surface area contributed by atoms with Gasteiger partial charge in [0.2, 0.25) is 11.5 Å². The van der Waals surface area contributed by atoms with E-state index in [-0.39, 0.29) is 5.56 Å². The minimum Gasteiger partial charge on any atom is -0.366 e. The van der Waals surface area contributed by atoms with Gasteiger partial charge < -0.3 is 10.7 Å². The number of fused-ring (bicyclic) bond motifs is 1. The van der Waals surface area contributed by atoms with Crippen molar-refractivity contribution in [2.45, 2.75) is 0 Å². The highest BCUT2D eigenvalue weighted by Gasteiger charge is 2.03. The molecule has 0 atom stereocenters. The quantitative estimate of drug-likeness (QED) is 0.745. The van der Waals surface area contributed by atoms with E-state index in [9.17, 15) is 9.59 Å². The summed E-state index contributed by atoms with van der Waals surface area (Å²) >= 11 is 0. The second kappa shape index (κ2) is 4.66. The number of amides is 1. The molecule has 2 aromatic carbocycles. The van der Waals surface area contributed by atoms with E-state index in [0.717, 1.165) is 22.0 Å². The van der Waals surface area contributed by atoms with E-state index in [4.69, 9.17) is 5.73 Å². The Balaban J connectivity index is 2.07. The fourth-order valence-corrected chi connectivity index (χ4v) is 2.16. The molecule has 4 heteroatoms. The number of carbonyl (C=O) groups excluding carboxylic acids is 1. The number of rotatable bonds is 2. The van der Waals surface area contributed by atoms with Crippen LogP contribution in [0, 0.1) is 0 Å². The number of aromatic nitrogens is 1. The number of hydrogen-bond donors (Lipinski definition) is 2. The molecular formula is C16H12N2O2. The van der Waals surface area contributed by atoms with Crippen molar-refractivity contribution >= 4 is 16.8 Å². The molecule has 0 bridgehead atoms. The van der Waals surface area contributed by atoms with Crippen LogP contribution in [0.3, 0.4) is 0 Å². The van der Waals surface area contributed by atoms with Gasteiger partial charge in [0.15, 0.2) is 0 Å². The molecule has 3 aromatic rings. The van der Waals surface area contributed by atoms with Crippen LogP contribution >= 0.6 is 0 Å². The van der Waals surface area contributed by atoms with Crippen molar-refractivity contribution in [3.8, 4) is 11.1 Å². The summed E-state index contributed by atoms with van der Waals surface area (Å²) in [5.74, 6) is -0.437. The van der Waals surface area contributed by atoms with E-state index >= 15 is 0 Å². The predicted octanol–water partition coefficient (Wildman–Crippen LogP) is 2.29. The van der Waals surface area contributed by atoms with Crippen molar-refractivity contribution < 1.29 is 4.79 Å². The van der Waals surface area contributed by atoms with Crippen LogP contribution in [0.1, 0.15) is 10.4 Å². The second-order valence-electron chi connectivity index (χ2n) is 4.57. The molecule has 0 aliphatic carbocycles. The summed E-state index contributed by atoms with van der Waals surface area (Å²) in [6.07, 6.45) is 0. The van der Waals surface area contributed by atoms with Gasteiger partial charge in [0.1, 0.15) is 0 Å². The maximum Gasteiger partial charge on any atom is 0.248 e. The molecular weight excluding hydrogens is 252 g/mol. The highest BCUT2D eigenvalue weighted by Crippen LogP contribution is 2.23. The molecule has 1 amide bonds. The topological polar surface area (TPSA) is 76.0 Å². The number of hydrogen-bond acceptors (Lipinski definition) is 2. The van der Waals surface area contributed by atoms with Crippen molar-refractivity contribution in [2.24, 2.45) is 5.73 Å². The standard InChI is InChI=1S/C16H12N2O2/c17-16(20)11-3-1-10(2-4-11)12-5-7-14-13(9-12)6-8-15(19)18-14/h1-9H,(H2,17,20)(H,18,19). The summed E-state index contributed by atoms with van der Waals surface area (Å²) < 4.78 is 0. The van der Waals surface area contributed by atoms with Gasteiger partial charge in [-0.3, -0.25) is 9.59 Å². The van der Waals surface area contributed by atoms with Crippen molar-refractivity contribution in [1.82, 2.24) is 4.98 Å². The van der Waals surface area contributed by atoms with Gasteiger partial charge in [0, 0.05) is 17.1 Å². The van der Waals surface area contributed by atoms with E-state index < -0.39 is 5.91 Å². The molecule has 98 valence electrons. The van der Waals surface area contributed by atoms with Gasteiger partial charge in [-0.05, 0) is 46.8 Å². The Morgan fingerprint density at radius 3 is 2.30 bits per heavy atom. The van der Waals surface area contributed by atoms with E-state index in [1.807, 2.05) is 30.3 Å². The van der Waals surface area contributed by atoms with Gasteiger partial charge in [0.25, 0.3) is 0 Å². The van der Waals surface area contributed by atoms with E-state index in [0.29, 0.717) is 5.56 Å². The highest BCUT2D eigenvalue weighted by molar-refractivity contribution is 5.93. The Morgan fingerprint density at radius 1 is 0.900 bits per heavy atom. The lowest BCUT2D eigenvalue weighted by Crippen LogP contribution is -2.10. The van der Waals surface area contributed by atoms with Gasteiger partial charge in [-0.15, -0.1) is 0 Å². The molecule has 1 heterocycles. The van der Waals surface area contributed by atoms with Gasteiger partial charge in [-0.25, -0.2) is 0 Å². The molecule has 0 saturated carbocycles. The van der Waals surface area contributed by atoms with Crippen LogP contribution in [0.5, 0.6) is 0 Å². The fourth-order valence-electron chi connectivity index (χ4n) is 2.16. The number of carbonyl (C=O) groups is 1. The predicted molar refractivity (Wildman–Crippen MR) is 78.5 cm³/mol.